The Morgan fingerprint density at radius 1 is 0.970 bits per heavy atom. The summed E-state index contributed by atoms with van der Waals surface area (Å²) in [6.07, 6.45) is 1.39. The van der Waals surface area contributed by atoms with Gasteiger partial charge in [0.05, 0.1) is 15.5 Å². The molecule has 0 fully saturated rings. The van der Waals surface area contributed by atoms with E-state index < -0.39 is 27.4 Å². The van der Waals surface area contributed by atoms with Crippen LogP contribution in [0.5, 0.6) is 0 Å². The first kappa shape index (κ1) is 24.2. The molecule has 0 aromatic heterocycles. The summed E-state index contributed by atoms with van der Waals surface area (Å²) in [5.74, 6) is -0.482. The number of nitro groups is 1. The first-order valence-corrected chi connectivity index (χ1v) is 11.9. The molecule has 0 aliphatic rings. The van der Waals surface area contributed by atoms with Crippen LogP contribution in [0, 0.1) is 10.1 Å². The highest BCUT2D eigenvalue weighted by Gasteiger charge is 2.27. The first-order chi connectivity index (χ1) is 15.8. The van der Waals surface area contributed by atoms with Gasteiger partial charge in [0.25, 0.3) is 15.7 Å². The lowest BCUT2D eigenvalue weighted by Crippen LogP contribution is -2.41. The second-order valence-electron chi connectivity index (χ2n) is 7.18. The number of carbonyl (C=O) groups is 1. The van der Waals surface area contributed by atoms with Crippen LogP contribution in [0.4, 0.5) is 11.4 Å². The molecule has 0 saturated heterocycles. The van der Waals surface area contributed by atoms with Crippen molar-refractivity contribution in [2.24, 2.45) is 0 Å². The number of nitrogens with one attached hydrogen (secondary N) is 1. The van der Waals surface area contributed by atoms with Crippen molar-refractivity contribution in [1.29, 1.82) is 0 Å². The van der Waals surface area contributed by atoms with Crippen molar-refractivity contribution in [3.8, 4) is 0 Å². The Morgan fingerprint density at radius 3 is 2.21 bits per heavy atom. The lowest BCUT2D eigenvalue weighted by molar-refractivity contribution is -0.384. The summed E-state index contributed by atoms with van der Waals surface area (Å²) in [5, 5.41) is 14.3. The quantitative estimate of drug-likeness (QED) is 0.262. The maximum Gasteiger partial charge on any atom is 0.269 e. The lowest BCUT2D eigenvalue weighted by atomic mass is 10.1. The second kappa shape index (κ2) is 10.9. The highest BCUT2D eigenvalue weighted by atomic mass is 35.5. The van der Waals surface area contributed by atoms with Gasteiger partial charge in [0, 0.05) is 23.7 Å². The largest absolute Gasteiger partial charge is 0.355 e. The van der Waals surface area contributed by atoms with Crippen molar-refractivity contribution < 1.29 is 18.1 Å². The average molecular weight is 488 g/mol. The molecule has 1 amide bonds. The van der Waals surface area contributed by atoms with E-state index in [2.05, 4.69) is 5.32 Å². The zero-order chi connectivity index (χ0) is 23.8. The monoisotopic (exact) mass is 487 g/mol. The Hall–Kier alpha value is -3.43. The number of anilines is 1. The number of nitrogens with zero attached hydrogens (tertiary/aromatic N) is 2. The third kappa shape index (κ3) is 6.53. The van der Waals surface area contributed by atoms with Gasteiger partial charge in [-0.1, -0.05) is 41.9 Å². The maximum atomic E-state index is 13.2. The second-order valence-corrected chi connectivity index (χ2v) is 9.48. The van der Waals surface area contributed by atoms with Crippen molar-refractivity contribution >= 4 is 38.9 Å². The predicted molar refractivity (Wildman–Crippen MR) is 127 cm³/mol. The number of aryl methyl sites for hydroxylation is 1. The zero-order valence-corrected chi connectivity index (χ0v) is 19.1. The SMILES string of the molecule is O=C(CN(c1ccc([N+](=O)[O-])cc1)S(=O)(=O)c1ccccc1)NCCCc1ccc(Cl)cc1. The average Bonchev–Trinajstić information content (AvgIpc) is 2.82. The Morgan fingerprint density at radius 2 is 1.61 bits per heavy atom. The summed E-state index contributed by atoms with van der Waals surface area (Å²) >= 11 is 5.87. The van der Waals surface area contributed by atoms with Crippen LogP contribution in [-0.2, 0) is 21.2 Å². The molecule has 3 aromatic rings. The molecule has 0 unspecified atom stereocenters. The summed E-state index contributed by atoms with van der Waals surface area (Å²) < 4.78 is 27.4. The molecule has 0 radical (unpaired) electrons. The van der Waals surface area contributed by atoms with E-state index in [1.165, 1.54) is 36.4 Å². The molecule has 3 rings (SSSR count). The van der Waals surface area contributed by atoms with E-state index in [1.807, 2.05) is 12.1 Å². The maximum absolute atomic E-state index is 13.2. The van der Waals surface area contributed by atoms with Gasteiger partial charge in [0.15, 0.2) is 0 Å². The summed E-state index contributed by atoms with van der Waals surface area (Å²) in [4.78, 5) is 23.0. The van der Waals surface area contributed by atoms with Crippen LogP contribution in [-0.4, -0.2) is 32.3 Å². The third-order valence-electron chi connectivity index (χ3n) is 4.84. The van der Waals surface area contributed by atoms with E-state index in [0.29, 0.717) is 18.0 Å². The molecule has 0 aliphatic heterocycles. The van der Waals surface area contributed by atoms with Crippen LogP contribution in [0.1, 0.15) is 12.0 Å². The normalized spacial score (nSPS) is 11.1. The van der Waals surface area contributed by atoms with Crippen molar-refractivity contribution in [2.45, 2.75) is 17.7 Å². The number of halogens is 1. The van der Waals surface area contributed by atoms with Gasteiger partial charge in [-0.15, -0.1) is 0 Å². The Labute approximate surface area is 197 Å². The smallest absolute Gasteiger partial charge is 0.269 e. The summed E-state index contributed by atoms with van der Waals surface area (Å²) in [7, 11) is -4.07. The van der Waals surface area contributed by atoms with Crippen molar-refractivity contribution in [3.05, 3.63) is 99.6 Å². The molecule has 0 spiro atoms. The number of rotatable bonds is 10. The number of nitro benzene ring substituents is 1. The van der Waals surface area contributed by atoms with Gasteiger partial charge in [-0.05, 0) is 54.8 Å². The van der Waals surface area contributed by atoms with E-state index in [-0.39, 0.29) is 16.3 Å². The number of non-ortho nitro benzene ring substituents is 1. The van der Waals surface area contributed by atoms with Gasteiger partial charge >= 0.3 is 0 Å². The first-order valence-electron chi connectivity index (χ1n) is 10.1. The molecule has 0 aliphatic carbocycles. The molecule has 3 aromatic carbocycles. The standard InChI is InChI=1S/C23H22ClN3O5S/c24-19-10-8-18(9-11-19)5-4-16-25-23(28)17-26(20-12-14-21(15-13-20)27(29)30)33(31,32)22-6-2-1-3-7-22/h1-3,6-15H,4-5,16-17H2,(H,25,28). The van der Waals surface area contributed by atoms with Crippen LogP contribution in [0.2, 0.25) is 5.02 Å². The van der Waals surface area contributed by atoms with Crippen molar-refractivity contribution in [2.75, 3.05) is 17.4 Å². The van der Waals surface area contributed by atoms with Crippen LogP contribution >= 0.6 is 11.6 Å². The van der Waals surface area contributed by atoms with Gasteiger partial charge in [0.2, 0.25) is 5.91 Å². The minimum Gasteiger partial charge on any atom is -0.355 e. The Kier molecular flexibility index (Phi) is 8.02. The fourth-order valence-electron chi connectivity index (χ4n) is 3.13. The van der Waals surface area contributed by atoms with E-state index in [9.17, 15) is 23.3 Å². The van der Waals surface area contributed by atoms with Crippen molar-refractivity contribution in [1.82, 2.24) is 5.32 Å². The van der Waals surface area contributed by atoms with Gasteiger partial charge < -0.3 is 5.32 Å². The van der Waals surface area contributed by atoms with Gasteiger partial charge in [-0.2, -0.15) is 0 Å². The number of sulfonamides is 1. The number of hydrogen-bond donors (Lipinski definition) is 1. The van der Waals surface area contributed by atoms with Gasteiger partial charge in [-0.25, -0.2) is 8.42 Å². The highest BCUT2D eigenvalue weighted by Crippen LogP contribution is 2.25. The molecular weight excluding hydrogens is 466 g/mol. The fourth-order valence-corrected chi connectivity index (χ4v) is 4.70. The van der Waals surface area contributed by atoms with Crippen LogP contribution in [0.15, 0.2) is 83.8 Å². The van der Waals surface area contributed by atoms with Crippen LogP contribution < -0.4 is 9.62 Å². The molecule has 0 bridgehead atoms. The molecule has 172 valence electrons. The fraction of sp³-hybridized carbons (Fsp3) is 0.174. The third-order valence-corrected chi connectivity index (χ3v) is 6.88. The predicted octanol–water partition coefficient (Wildman–Crippen LogP) is 4.19. The number of amides is 1. The summed E-state index contributed by atoms with van der Waals surface area (Å²) in [6.45, 7) is -0.100. The molecule has 33 heavy (non-hydrogen) atoms. The number of carbonyl (C=O) groups excluding carboxylic acids is 1. The Balaban J connectivity index is 1.71. The number of hydrogen-bond acceptors (Lipinski definition) is 5. The van der Waals surface area contributed by atoms with Crippen LogP contribution in [0.25, 0.3) is 0 Å². The summed E-state index contributed by atoms with van der Waals surface area (Å²) in [6, 6.07) is 20.1. The lowest BCUT2D eigenvalue weighted by Gasteiger charge is -2.24. The van der Waals surface area contributed by atoms with Crippen LogP contribution in [0.3, 0.4) is 0 Å². The molecule has 0 heterocycles. The molecule has 10 heteroatoms. The topological polar surface area (TPSA) is 110 Å². The van der Waals surface area contributed by atoms with E-state index in [4.69, 9.17) is 11.6 Å². The summed E-state index contributed by atoms with van der Waals surface area (Å²) in [5.41, 5.74) is 1.05. The van der Waals surface area contributed by atoms with Crippen molar-refractivity contribution in [3.63, 3.8) is 0 Å². The van der Waals surface area contributed by atoms with Gasteiger partial charge in [0.1, 0.15) is 6.54 Å². The highest BCUT2D eigenvalue weighted by molar-refractivity contribution is 7.92. The molecule has 0 saturated carbocycles. The molecular formula is C23H22ClN3O5S. The molecule has 0 atom stereocenters. The zero-order valence-electron chi connectivity index (χ0n) is 17.6. The number of benzene rings is 3. The minimum absolute atomic E-state index is 0.0129. The van der Waals surface area contributed by atoms with E-state index in [1.54, 1.807) is 30.3 Å². The Bertz CT molecular complexity index is 1200. The van der Waals surface area contributed by atoms with Gasteiger partial charge in [-0.3, -0.25) is 19.2 Å². The van der Waals surface area contributed by atoms with E-state index >= 15 is 0 Å². The molecule has 1 N–H and O–H groups in total. The molecule has 8 nitrogen and oxygen atoms in total. The minimum atomic E-state index is -4.07. The van der Waals surface area contributed by atoms with E-state index in [0.717, 1.165) is 16.3 Å².